The third-order valence-corrected chi connectivity index (χ3v) is 2.28. The maximum atomic E-state index is 11.0. The van der Waals surface area contributed by atoms with Crippen molar-refractivity contribution in [1.29, 1.82) is 0 Å². The molecule has 6 nitrogen and oxygen atoms in total. The Labute approximate surface area is 98.0 Å². The number of carboxylic acid groups (broad SMARTS) is 1. The molecular formula is C11H12N4O2. The van der Waals surface area contributed by atoms with Gasteiger partial charge in [-0.15, -0.1) is 5.10 Å². The zero-order chi connectivity index (χ0) is 12.6. The van der Waals surface area contributed by atoms with E-state index in [0.29, 0.717) is 23.2 Å². The van der Waals surface area contributed by atoms with Crippen LogP contribution in [0.4, 0.5) is 0 Å². The number of aromatic carboxylic acids is 1. The van der Waals surface area contributed by atoms with Crippen LogP contribution in [-0.2, 0) is 0 Å². The highest BCUT2D eigenvalue weighted by atomic mass is 16.4. The number of carbonyl (C=O) groups is 1. The van der Waals surface area contributed by atoms with Gasteiger partial charge in [0.25, 0.3) is 0 Å². The van der Waals surface area contributed by atoms with Crippen molar-refractivity contribution in [1.82, 2.24) is 19.7 Å². The third-order valence-electron chi connectivity index (χ3n) is 2.28. The van der Waals surface area contributed by atoms with Crippen molar-refractivity contribution >= 4 is 5.97 Å². The zero-order valence-electron chi connectivity index (χ0n) is 9.80. The van der Waals surface area contributed by atoms with Gasteiger partial charge in [-0.1, -0.05) is 0 Å². The lowest BCUT2D eigenvalue weighted by atomic mass is 10.2. The fourth-order valence-corrected chi connectivity index (χ4v) is 1.62. The molecule has 0 aliphatic rings. The van der Waals surface area contributed by atoms with Crippen LogP contribution >= 0.6 is 0 Å². The molecule has 6 heteroatoms. The predicted molar refractivity (Wildman–Crippen MR) is 60.3 cm³/mol. The standard InChI is InChI=1S/C11H12N4O2/c1-6-4-9(11(16)17)5-10(12-6)15-8(3)13-7(2)14-15/h4-5H,1-3H3,(H,16,17). The number of rotatable bonds is 2. The zero-order valence-corrected chi connectivity index (χ0v) is 9.80. The summed E-state index contributed by atoms with van der Waals surface area (Å²) in [6.07, 6.45) is 0. The van der Waals surface area contributed by atoms with Crippen molar-refractivity contribution in [3.05, 3.63) is 35.0 Å². The number of hydrogen-bond donors (Lipinski definition) is 1. The fraction of sp³-hybridized carbons (Fsp3) is 0.273. The van der Waals surface area contributed by atoms with Crippen LogP contribution in [0.3, 0.4) is 0 Å². The third kappa shape index (κ3) is 2.15. The number of nitrogens with zero attached hydrogens (tertiary/aromatic N) is 4. The molecule has 0 saturated heterocycles. The quantitative estimate of drug-likeness (QED) is 0.843. The number of hydrogen-bond acceptors (Lipinski definition) is 4. The first-order chi connectivity index (χ1) is 7.97. The summed E-state index contributed by atoms with van der Waals surface area (Å²) in [5, 5.41) is 13.2. The average molecular weight is 232 g/mol. The van der Waals surface area contributed by atoms with E-state index in [9.17, 15) is 4.79 Å². The van der Waals surface area contributed by atoms with Gasteiger partial charge in [-0.25, -0.2) is 14.8 Å². The van der Waals surface area contributed by atoms with Gasteiger partial charge >= 0.3 is 5.97 Å². The first kappa shape index (κ1) is 11.3. The first-order valence-electron chi connectivity index (χ1n) is 5.10. The highest BCUT2D eigenvalue weighted by Crippen LogP contribution is 2.11. The summed E-state index contributed by atoms with van der Waals surface area (Å²) in [7, 11) is 0. The Morgan fingerprint density at radius 1 is 1.24 bits per heavy atom. The lowest BCUT2D eigenvalue weighted by Crippen LogP contribution is -2.06. The van der Waals surface area contributed by atoms with E-state index in [-0.39, 0.29) is 5.56 Å². The van der Waals surface area contributed by atoms with Gasteiger partial charge in [-0.2, -0.15) is 4.68 Å². The summed E-state index contributed by atoms with van der Waals surface area (Å²) in [6.45, 7) is 5.32. The van der Waals surface area contributed by atoms with Gasteiger partial charge in [0.2, 0.25) is 0 Å². The minimum absolute atomic E-state index is 0.194. The number of pyridine rings is 1. The number of carboxylic acids is 1. The van der Waals surface area contributed by atoms with E-state index < -0.39 is 5.97 Å². The maximum Gasteiger partial charge on any atom is 0.335 e. The van der Waals surface area contributed by atoms with Gasteiger partial charge in [0.05, 0.1) is 5.56 Å². The van der Waals surface area contributed by atoms with Gasteiger partial charge in [0, 0.05) is 5.69 Å². The smallest absolute Gasteiger partial charge is 0.335 e. The summed E-state index contributed by atoms with van der Waals surface area (Å²) in [4.78, 5) is 19.4. The molecule has 88 valence electrons. The molecule has 0 amide bonds. The summed E-state index contributed by atoms with van der Waals surface area (Å²) in [6, 6.07) is 3.00. The molecule has 17 heavy (non-hydrogen) atoms. The molecule has 0 unspecified atom stereocenters. The molecule has 0 aliphatic carbocycles. The molecule has 2 rings (SSSR count). The molecule has 0 aromatic carbocycles. The largest absolute Gasteiger partial charge is 0.478 e. The first-order valence-corrected chi connectivity index (χ1v) is 5.10. The highest BCUT2D eigenvalue weighted by molar-refractivity contribution is 5.88. The monoisotopic (exact) mass is 232 g/mol. The Morgan fingerprint density at radius 3 is 2.47 bits per heavy atom. The van der Waals surface area contributed by atoms with Gasteiger partial charge < -0.3 is 5.11 Å². The molecule has 0 fully saturated rings. The van der Waals surface area contributed by atoms with Crippen LogP contribution in [0.5, 0.6) is 0 Å². The van der Waals surface area contributed by atoms with E-state index in [0.717, 1.165) is 0 Å². The van der Waals surface area contributed by atoms with E-state index in [1.54, 1.807) is 20.8 Å². The molecule has 2 heterocycles. The summed E-state index contributed by atoms with van der Waals surface area (Å²) < 4.78 is 1.54. The van der Waals surface area contributed by atoms with Crippen LogP contribution in [0.15, 0.2) is 12.1 Å². The van der Waals surface area contributed by atoms with E-state index in [1.165, 1.54) is 16.8 Å². The van der Waals surface area contributed by atoms with Crippen molar-refractivity contribution in [3.8, 4) is 5.82 Å². The second-order valence-electron chi connectivity index (χ2n) is 3.78. The van der Waals surface area contributed by atoms with Gasteiger partial charge in [-0.05, 0) is 32.9 Å². The predicted octanol–water partition coefficient (Wildman–Crippen LogP) is 1.29. The number of aryl methyl sites for hydroxylation is 3. The van der Waals surface area contributed by atoms with Crippen LogP contribution in [0.2, 0.25) is 0 Å². The van der Waals surface area contributed by atoms with Gasteiger partial charge in [-0.3, -0.25) is 0 Å². The molecule has 0 aliphatic heterocycles. The molecule has 0 spiro atoms. The average Bonchev–Trinajstić information content (AvgIpc) is 2.57. The van der Waals surface area contributed by atoms with Gasteiger partial charge in [0.15, 0.2) is 5.82 Å². The summed E-state index contributed by atoms with van der Waals surface area (Å²) >= 11 is 0. The topological polar surface area (TPSA) is 80.9 Å². The normalized spacial score (nSPS) is 10.5. The molecule has 2 aromatic heterocycles. The van der Waals surface area contributed by atoms with E-state index >= 15 is 0 Å². The second kappa shape index (κ2) is 3.97. The second-order valence-corrected chi connectivity index (χ2v) is 3.78. The van der Waals surface area contributed by atoms with Gasteiger partial charge in [0.1, 0.15) is 11.6 Å². The van der Waals surface area contributed by atoms with Crippen LogP contribution in [0.1, 0.15) is 27.7 Å². The highest BCUT2D eigenvalue weighted by Gasteiger charge is 2.11. The van der Waals surface area contributed by atoms with Crippen LogP contribution in [0.25, 0.3) is 5.82 Å². The van der Waals surface area contributed by atoms with E-state index in [2.05, 4.69) is 15.1 Å². The van der Waals surface area contributed by atoms with Crippen molar-refractivity contribution < 1.29 is 9.90 Å². The minimum atomic E-state index is -0.980. The lowest BCUT2D eigenvalue weighted by molar-refractivity contribution is 0.0696. The Bertz CT molecular complexity index is 589. The number of aromatic nitrogens is 4. The SMILES string of the molecule is Cc1cc(C(=O)O)cc(-n2nc(C)nc2C)n1. The van der Waals surface area contributed by atoms with E-state index in [4.69, 9.17) is 5.11 Å². The maximum absolute atomic E-state index is 11.0. The lowest BCUT2D eigenvalue weighted by Gasteiger charge is -2.04. The molecule has 0 saturated carbocycles. The Hall–Kier alpha value is -2.24. The van der Waals surface area contributed by atoms with Crippen LogP contribution in [-0.4, -0.2) is 30.8 Å². The minimum Gasteiger partial charge on any atom is -0.478 e. The molecular weight excluding hydrogens is 220 g/mol. The van der Waals surface area contributed by atoms with Crippen LogP contribution < -0.4 is 0 Å². The van der Waals surface area contributed by atoms with Crippen LogP contribution in [0, 0.1) is 20.8 Å². The molecule has 1 N–H and O–H groups in total. The Morgan fingerprint density at radius 2 is 1.94 bits per heavy atom. The van der Waals surface area contributed by atoms with Crippen molar-refractivity contribution in [2.24, 2.45) is 0 Å². The molecule has 0 radical (unpaired) electrons. The van der Waals surface area contributed by atoms with Crippen molar-refractivity contribution in [2.75, 3.05) is 0 Å². The Balaban J connectivity index is 2.59. The van der Waals surface area contributed by atoms with Crippen molar-refractivity contribution in [2.45, 2.75) is 20.8 Å². The van der Waals surface area contributed by atoms with E-state index in [1.807, 2.05) is 0 Å². The summed E-state index contributed by atoms with van der Waals surface area (Å²) in [5.41, 5.74) is 0.826. The Kier molecular flexibility index (Phi) is 2.63. The molecule has 0 atom stereocenters. The molecule has 0 bridgehead atoms. The fourth-order valence-electron chi connectivity index (χ4n) is 1.62. The van der Waals surface area contributed by atoms with Crippen molar-refractivity contribution in [3.63, 3.8) is 0 Å². The molecule has 2 aromatic rings. The summed E-state index contributed by atoms with van der Waals surface area (Å²) in [5.74, 6) is 0.798.